The molecule has 0 aliphatic heterocycles. The number of hydrogen-bond donors (Lipinski definition) is 3. The summed E-state index contributed by atoms with van der Waals surface area (Å²) in [4.78, 5) is 22.3. The van der Waals surface area contributed by atoms with Crippen LogP contribution < -0.4 is 21.1 Å². The average molecular weight is 340 g/mol. The number of carbonyl (C=O) groups is 1. The maximum Gasteiger partial charge on any atom is 0.248 e. The van der Waals surface area contributed by atoms with E-state index in [-0.39, 0.29) is 11.7 Å². The SMILES string of the molecule is C=CCNC(=S)NNC(=O)CSc1nc(C)cc(N(C)C)n1. The molecule has 1 heterocycles. The van der Waals surface area contributed by atoms with Crippen LogP contribution >= 0.6 is 24.0 Å². The first kappa shape index (κ1) is 18.2. The number of anilines is 1. The summed E-state index contributed by atoms with van der Waals surface area (Å²) in [5, 5.41) is 3.73. The number of aryl methyl sites for hydroxylation is 1. The topological polar surface area (TPSA) is 82.2 Å². The van der Waals surface area contributed by atoms with Crippen LogP contribution in [-0.2, 0) is 4.79 Å². The highest BCUT2D eigenvalue weighted by molar-refractivity contribution is 7.99. The number of amides is 1. The molecule has 22 heavy (non-hydrogen) atoms. The number of thioether (sulfide) groups is 1. The second-order valence-corrected chi connectivity index (χ2v) is 5.86. The van der Waals surface area contributed by atoms with Gasteiger partial charge in [0.2, 0.25) is 5.91 Å². The molecular formula is C13H20N6OS2. The minimum Gasteiger partial charge on any atom is -0.363 e. The van der Waals surface area contributed by atoms with E-state index < -0.39 is 0 Å². The molecule has 0 aromatic carbocycles. The first-order valence-corrected chi connectivity index (χ1v) is 7.91. The second kappa shape index (κ2) is 9.21. The summed E-state index contributed by atoms with van der Waals surface area (Å²) in [6, 6.07) is 1.88. The van der Waals surface area contributed by atoms with E-state index in [2.05, 4.69) is 32.7 Å². The van der Waals surface area contributed by atoms with Gasteiger partial charge in [-0.1, -0.05) is 17.8 Å². The Morgan fingerprint density at radius 3 is 2.82 bits per heavy atom. The van der Waals surface area contributed by atoms with Gasteiger partial charge in [-0.15, -0.1) is 6.58 Å². The molecule has 0 spiro atoms. The predicted octanol–water partition coefficient (Wildman–Crippen LogP) is 0.624. The van der Waals surface area contributed by atoms with E-state index in [4.69, 9.17) is 12.2 Å². The summed E-state index contributed by atoms with van der Waals surface area (Å²) in [6.45, 7) is 5.98. The molecule has 0 unspecified atom stereocenters. The van der Waals surface area contributed by atoms with E-state index in [0.717, 1.165) is 11.5 Å². The van der Waals surface area contributed by atoms with E-state index in [9.17, 15) is 4.79 Å². The van der Waals surface area contributed by atoms with Gasteiger partial charge in [0.1, 0.15) is 5.82 Å². The fourth-order valence-electron chi connectivity index (χ4n) is 1.32. The van der Waals surface area contributed by atoms with Crippen LogP contribution in [0.25, 0.3) is 0 Å². The lowest BCUT2D eigenvalue weighted by atomic mass is 10.4. The summed E-state index contributed by atoms with van der Waals surface area (Å²) in [7, 11) is 3.81. The lowest BCUT2D eigenvalue weighted by Crippen LogP contribution is -2.47. The average Bonchev–Trinajstić information content (AvgIpc) is 2.48. The normalized spacial score (nSPS) is 9.77. The number of hydrogen-bond acceptors (Lipinski definition) is 6. The number of nitrogens with zero attached hydrogens (tertiary/aromatic N) is 3. The van der Waals surface area contributed by atoms with Crippen LogP contribution in [0.4, 0.5) is 5.82 Å². The fraction of sp³-hybridized carbons (Fsp3) is 0.385. The zero-order chi connectivity index (χ0) is 16.5. The Bertz CT molecular complexity index is 549. The molecule has 1 amide bonds. The van der Waals surface area contributed by atoms with Gasteiger partial charge in [0.25, 0.3) is 0 Å². The van der Waals surface area contributed by atoms with Gasteiger partial charge in [0.05, 0.1) is 5.75 Å². The van der Waals surface area contributed by atoms with Crippen molar-refractivity contribution in [2.75, 3.05) is 31.3 Å². The zero-order valence-corrected chi connectivity index (χ0v) is 14.5. The standard InChI is InChI=1S/C13H20N6OS2/c1-5-6-14-12(21)18-17-11(20)8-22-13-15-9(2)7-10(16-13)19(3)4/h5,7H,1,6,8H2,2-4H3,(H,17,20)(H2,14,18,21). The number of nitrogens with one attached hydrogen (secondary N) is 3. The number of hydrazine groups is 1. The molecule has 3 N–H and O–H groups in total. The molecule has 0 atom stereocenters. The molecule has 1 rings (SSSR count). The van der Waals surface area contributed by atoms with Gasteiger partial charge in [-0.2, -0.15) is 0 Å². The predicted molar refractivity (Wildman–Crippen MR) is 93.9 cm³/mol. The van der Waals surface area contributed by atoms with Crippen LogP contribution in [0.5, 0.6) is 0 Å². The number of aromatic nitrogens is 2. The molecular weight excluding hydrogens is 320 g/mol. The van der Waals surface area contributed by atoms with Crippen molar-refractivity contribution in [3.8, 4) is 0 Å². The van der Waals surface area contributed by atoms with Crippen molar-refractivity contribution >= 4 is 40.8 Å². The van der Waals surface area contributed by atoms with Gasteiger partial charge in [-0.25, -0.2) is 9.97 Å². The molecule has 0 radical (unpaired) electrons. The monoisotopic (exact) mass is 340 g/mol. The summed E-state index contributed by atoms with van der Waals surface area (Å²) in [5.41, 5.74) is 5.96. The molecule has 9 heteroatoms. The smallest absolute Gasteiger partial charge is 0.248 e. The van der Waals surface area contributed by atoms with Crippen LogP contribution in [0.15, 0.2) is 23.9 Å². The highest BCUT2D eigenvalue weighted by Gasteiger charge is 2.08. The van der Waals surface area contributed by atoms with E-state index in [1.165, 1.54) is 11.8 Å². The summed E-state index contributed by atoms with van der Waals surface area (Å²) >= 11 is 6.22. The number of carbonyl (C=O) groups excluding carboxylic acids is 1. The highest BCUT2D eigenvalue weighted by Crippen LogP contribution is 2.17. The minimum absolute atomic E-state index is 0.188. The van der Waals surface area contributed by atoms with Crippen LogP contribution in [0.2, 0.25) is 0 Å². The van der Waals surface area contributed by atoms with Gasteiger partial charge in [0, 0.05) is 32.4 Å². The van der Waals surface area contributed by atoms with Crippen molar-refractivity contribution in [3.05, 3.63) is 24.4 Å². The Labute approximate surface area is 139 Å². The Morgan fingerprint density at radius 2 is 2.18 bits per heavy atom. The summed E-state index contributed by atoms with van der Waals surface area (Å²) in [5.74, 6) is 0.778. The van der Waals surface area contributed by atoms with E-state index in [1.807, 2.05) is 32.0 Å². The van der Waals surface area contributed by atoms with Crippen molar-refractivity contribution in [1.29, 1.82) is 0 Å². The molecule has 0 saturated heterocycles. The van der Waals surface area contributed by atoms with Crippen molar-refractivity contribution in [1.82, 2.24) is 26.1 Å². The van der Waals surface area contributed by atoms with Gasteiger partial charge >= 0.3 is 0 Å². The van der Waals surface area contributed by atoms with Crippen LogP contribution in [0.3, 0.4) is 0 Å². The van der Waals surface area contributed by atoms with Crippen molar-refractivity contribution in [3.63, 3.8) is 0 Å². The lowest BCUT2D eigenvalue weighted by Gasteiger charge is -2.13. The molecule has 0 saturated carbocycles. The van der Waals surface area contributed by atoms with Crippen LogP contribution in [0.1, 0.15) is 5.69 Å². The maximum absolute atomic E-state index is 11.7. The Morgan fingerprint density at radius 1 is 1.45 bits per heavy atom. The molecule has 0 bridgehead atoms. The fourth-order valence-corrected chi connectivity index (χ4v) is 2.15. The third-order valence-corrected chi connectivity index (χ3v) is 3.43. The molecule has 0 aliphatic rings. The highest BCUT2D eigenvalue weighted by atomic mass is 32.2. The molecule has 0 fully saturated rings. The van der Waals surface area contributed by atoms with Crippen LogP contribution in [0, 0.1) is 6.92 Å². The quantitative estimate of drug-likeness (QED) is 0.229. The maximum atomic E-state index is 11.7. The van der Waals surface area contributed by atoms with Crippen molar-refractivity contribution in [2.24, 2.45) is 0 Å². The molecule has 0 aliphatic carbocycles. The Kier molecular flexibility index (Phi) is 7.61. The number of thiocarbonyl (C=S) groups is 1. The zero-order valence-electron chi connectivity index (χ0n) is 12.8. The third kappa shape index (κ3) is 6.72. The van der Waals surface area contributed by atoms with Crippen molar-refractivity contribution in [2.45, 2.75) is 12.1 Å². The summed E-state index contributed by atoms with van der Waals surface area (Å²) in [6.07, 6.45) is 1.67. The van der Waals surface area contributed by atoms with E-state index in [1.54, 1.807) is 6.08 Å². The minimum atomic E-state index is -0.218. The second-order valence-electron chi connectivity index (χ2n) is 4.51. The summed E-state index contributed by atoms with van der Waals surface area (Å²) < 4.78 is 0. The Hall–Kier alpha value is -1.87. The third-order valence-electron chi connectivity index (χ3n) is 2.33. The van der Waals surface area contributed by atoms with E-state index >= 15 is 0 Å². The van der Waals surface area contributed by atoms with Crippen molar-refractivity contribution < 1.29 is 4.79 Å². The largest absolute Gasteiger partial charge is 0.363 e. The van der Waals surface area contributed by atoms with Gasteiger partial charge in [-0.05, 0) is 19.1 Å². The van der Waals surface area contributed by atoms with E-state index in [0.29, 0.717) is 16.8 Å². The van der Waals surface area contributed by atoms with Crippen LogP contribution in [-0.4, -0.2) is 47.4 Å². The lowest BCUT2D eigenvalue weighted by molar-refractivity contribution is -0.119. The molecule has 1 aromatic rings. The van der Waals surface area contributed by atoms with Gasteiger partial charge < -0.3 is 10.2 Å². The first-order chi connectivity index (χ1) is 10.4. The van der Waals surface area contributed by atoms with Gasteiger partial charge in [-0.3, -0.25) is 15.6 Å². The Balaban J connectivity index is 2.44. The van der Waals surface area contributed by atoms with Gasteiger partial charge in [0.15, 0.2) is 10.3 Å². The first-order valence-electron chi connectivity index (χ1n) is 6.51. The molecule has 120 valence electrons. The molecule has 1 aromatic heterocycles. The molecule has 7 nitrogen and oxygen atoms in total. The number of rotatable bonds is 6.